The monoisotopic (exact) mass is 275 g/mol. The van der Waals surface area contributed by atoms with Crippen LogP contribution in [0.15, 0.2) is 41.8 Å². The molecular weight excluding hydrogens is 261 g/mol. The van der Waals surface area contributed by atoms with Gasteiger partial charge in [-0.05, 0) is 17.7 Å². The lowest BCUT2D eigenvalue weighted by Crippen LogP contribution is -2.25. The van der Waals surface area contributed by atoms with Crippen LogP contribution in [0.25, 0.3) is 0 Å². The summed E-state index contributed by atoms with van der Waals surface area (Å²) in [5.41, 5.74) is 6.61. The van der Waals surface area contributed by atoms with Gasteiger partial charge in [0.25, 0.3) is 0 Å². The van der Waals surface area contributed by atoms with E-state index in [4.69, 9.17) is 10.9 Å². The summed E-state index contributed by atoms with van der Waals surface area (Å²) in [5.74, 6) is 0.0259. The highest BCUT2D eigenvalue weighted by atomic mass is 19.1. The maximum atomic E-state index is 13.2. The van der Waals surface area contributed by atoms with Gasteiger partial charge in [0.05, 0.1) is 0 Å². The summed E-state index contributed by atoms with van der Waals surface area (Å²) in [7, 11) is 1.77. The van der Waals surface area contributed by atoms with Crippen molar-refractivity contribution < 1.29 is 9.60 Å². The van der Waals surface area contributed by atoms with Gasteiger partial charge in [-0.3, -0.25) is 0 Å². The lowest BCUT2D eigenvalue weighted by Gasteiger charge is -2.20. The third kappa shape index (κ3) is 3.00. The van der Waals surface area contributed by atoms with Gasteiger partial charge in [-0.1, -0.05) is 17.3 Å². The average molecular weight is 275 g/mol. The second-order valence-corrected chi connectivity index (χ2v) is 4.20. The van der Waals surface area contributed by atoms with Crippen molar-refractivity contribution in [1.29, 1.82) is 0 Å². The van der Waals surface area contributed by atoms with E-state index in [2.05, 4.69) is 15.1 Å². The molecule has 0 atom stereocenters. The van der Waals surface area contributed by atoms with Gasteiger partial charge in [-0.15, -0.1) is 0 Å². The minimum atomic E-state index is -0.299. The summed E-state index contributed by atoms with van der Waals surface area (Å²) in [4.78, 5) is 9.94. The smallest absolute Gasteiger partial charge is 0.192 e. The number of amidine groups is 1. The van der Waals surface area contributed by atoms with Crippen LogP contribution >= 0.6 is 0 Å². The van der Waals surface area contributed by atoms with Gasteiger partial charge in [-0.2, -0.15) is 0 Å². The Morgan fingerprint density at radius 3 is 2.85 bits per heavy atom. The zero-order valence-corrected chi connectivity index (χ0v) is 10.9. The molecule has 7 heteroatoms. The van der Waals surface area contributed by atoms with E-state index in [-0.39, 0.29) is 17.3 Å². The fraction of sp³-hybridized carbons (Fsp3) is 0.154. The fourth-order valence-electron chi connectivity index (χ4n) is 1.82. The predicted octanol–water partition coefficient (Wildman–Crippen LogP) is 1.35. The van der Waals surface area contributed by atoms with Crippen LogP contribution in [0.1, 0.15) is 11.3 Å². The summed E-state index contributed by atoms with van der Waals surface area (Å²) in [6.07, 6.45) is 2.96. The van der Waals surface area contributed by atoms with Crippen molar-refractivity contribution in [3.63, 3.8) is 0 Å². The molecule has 0 saturated heterocycles. The number of anilines is 1. The lowest BCUT2D eigenvalue weighted by atomic mass is 10.2. The number of oxime groups is 1. The molecule has 1 heterocycles. The number of hydrogen-bond donors (Lipinski definition) is 2. The van der Waals surface area contributed by atoms with Gasteiger partial charge in [0.15, 0.2) is 17.3 Å². The molecule has 0 fully saturated rings. The Balaban J connectivity index is 2.28. The van der Waals surface area contributed by atoms with Crippen LogP contribution in [-0.4, -0.2) is 28.1 Å². The Kier molecular flexibility index (Phi) is 4.09. The molecule has 20 heavy (non-hydrogen) atoms. The van der Waals surface area contributed by atoms with Crippen molar-refractivity contribution >= 4 is 11.7 Å². The SMILES string of the molecule is CN(Cc1cccc(F)c1)c1nccnc1C(N)=NO. The highest BCUT2D eigenvalue weighted by Gasteiger charge is 2.14. The number of nitrogens with two attached hydrogens (primary N) is 1. The maximum Gasteiger partial charge on any atom is 0.192 e. The number of aromatic nitrogens is 2. The molecule has 0 amide bonds. The molecule has 1 aromatic heterocycles. The van der Waals surface area contributed by atoms with Gasteiger partial charge in [-0.25, -0.2) is 14.4 Å². The first kappa shape index (κ1) is 13.7. The van der Waals surface area contributed by atoms with Crippen molar-refractivity contribution in [2.45, 2.75) is 6.54 Å². The Labute approximate surface area is 115 Å². The molecule has 0 aliphatic rings. The second-order valence-electron chi connectivity index (χ2n) is 4.20. The molecule has 2 aromatic rings. The maximum absolute atomic E-state index is 13.2. The zero-order chi connectivity index (χ0) is 14.5. The van der Waals surface area contributed by atoms with E-state index in [9.17, 15) is 4.39 Å². The van der Waals surface area contributed by atoms with Gasteiger partial charge < -0.3 is 15.8 Å². The molecule has 2 rings (SSSR count). The van der Waals surface area contributed by atoms with E-state index in [0.29, 0.717) is 12.4 Å². The molecule has 104 valence electrons. The first-order valence-corrected chi connectivity index (χ1v) is 5.86. The lowest BCUT2D eigenvalue weighted by molar-refractivity contribution is 0.318. The van der Waals surface area contributed by atoms with Gasteiger partial charge in [0.2, 0.25) is 0 Å². The van der Waals surface area contributed by atoms with E-state index in [1.54, 1.807) is 24.1 Å². The minimum absolute atomic E-state index is 0.126. The topological polar surface area (TPSA) is 87.6 Å². The van der Waals surface area contributed by atoms with Gasteiger partial charge in [0, 0.05) is 26.0 Å². The molecule has 0 radical (unpaired) electrons. The van der Waals surface area contributed by atoms with Crippen molar-refractivity contribution in [1.82, 2.24) is 9.97 Å². The Hall–Kier alpha value is -2.70. The number of halogens is 1. The van der Waals surface area contributed by atoms with Crippen molar-refractivity contribution in [3.05, 3.63) is 53.7 Å². The molecule has 0 bridgehead atoms. The second kappa shape index (κ2) is 5.96. The highest BCUT2D eigenvalue weighted by Crippen LogP contribution is 2.16. The standard InChI is InChI=1S/C13H14FN5O/c1-19(8-9-3-2-4-10(14)7-9)13-11(12(15)18-20)16-5-6-17-13/h2-7,20H,8H2,1H3,(H2,15,18). The first-order valence-electron chi connectivity index (χ1n) is 5.86. The third-order valence-corrected chi connectivity index (χ3v) is 2.70. The van der Waals surface area contributed by atoms with Crippen molar-refractivity contribution in [2.75, 3.05) is 11.9 Å². The van der Waals surface area contributed by atoms with Crippen molar-refractivity contribution in [3.8, 4) is 0 Å². The summed E-state index contributed by atoms with van der Waals surface area (Å²) in [5, 5.41) is 11.7. The normalized spacial score (nSPS) is 11.4. The number of hydrogen-bond acceptors (Lipinski definition) is 5. The van der Waals surface area contributed by atoms with E-state index in [1.807, 2.05) is 0 Å². The van der Waals surface area contributed by atoms with E-state index < -0.39 is 0 Å². The summed E-state index contributed by atoms with van der Waals surface area (Å²) in [6, 6.07) is 6.27. The largest absolute Gasteiger partial charge is 0.409 e. The first-order chi connectivity index (χ1) is 9.61. The quantitative estimate of drug-likeness (QED) is 0.380. The Morgan fingerprint density at radius 2 is 2.15 bits per heavy atom. The van der Waals surface area contributed by atoms with E-state index in [1.165, 1.54) is 24.5 Å². The van der Waals surface area contributed by atoms with Crippen LogP contribution in [0.5, 0.6) is 0 Å². The summed E-state index contributed by atoms with van der Waals surface area (Å²) < 4.78 is 13.2. The number of nitrogens with zero attached hydrogens (tertiary/aromatic N) is 4. The van der Waals surface area contributed by atoms with Gasteiger partial charge >= 0.3 is 0 Å². The molecule has 6 nitrogen and oxygen atoms in total. The molecule has 0 aliphatic heterocycles. The van der Waals surface area contributed by atoms with Crippen LogP contribution in [0.4, 0.5) is 10.2 Å². The zero-order valence-electron chi connectivity index (χ0n) is 10.9. The summed E-state index contributed by atoms with van der Waals surface area (Å²) in [6.45, 7) is 0.419. The number of rotatable bonds is 4. The molecule has 1 aromatic carbocycles. The molecular formula is C13H14FN5O. The predicted molar refractivity (Wildman–Crippen MR) is 73.0 cm³/mol. The minimum Gasteiger partial charge on any atom is -0.409 e. The molecule has 0 saturated carbocycles. The van der Waals surface area contributed by atoms with Crippen LogP contribution in [0, 0.1) is 5.82 Å². The van der Waals surface area contributed by atoms with E-state index >= 15 is 0 Å². The Morgan fingerprint density at radius 1 is 1.40 bits per heavy atom. The van der Waals surface area contributed by atoms with Crippen LogP contribution in [-0.2, 0) is 6.54 Å². The molecule has 0 spiro atoms. The van der Waals surface area contributed by atoms with Crippen LogP contribution in [0.3, 0.4) is 0 Å². The van der Waals surface area contributed by atoms with Crippen LogP contribution < -0.4 is 10.6 Å². The fourth-order valence-corrected chi connectivity index (χ4v) is 1.82. The molecule has 0 aliphatic carbocycles. The third-order valence-electron chi connectivity index (χ3n) is 2.70. The number of benzene rings is 1. The van der Waals surface area contributed by atoms with E-state index in [0.717, 1.165) is 5.56 Å². The van der Waals surface area contributed by atoms with Gasteiger partial charge in [0.1, 0.15) is 5.82 Å². The summed E-state index contributed by atoms with van der Waals surface area (Å²) >= 11 is 0. The molecule has 3 N–H and O–H groups in total. The Bertz CT molecular complexity index is 632. The molecule has 0 unspecified atom stereocenters. The highest BCUT2D eigenvalue weighted by molar-refractivity contribution is 5.99. The van der Waals surface area contributed by atoms with Crippen LogP contribution in [0.2, 0.25) is 0 Å². The average Bonchev–Trinajstić information content (AvgIpc) is 2.46. The van der Waals surface area contributed by atoms with Crippen molar-refractivity contribution in [2.24, 2.45) is 10.9 Å².